The Morgan fingerprint density at radius 3 is 2.44 bits per heavy atom. The quantitative estimate of drug-likeness (QED) is 0.688. The molecule has 0 saturated heterocycles. The highest BCUT2D eigenvalue weighted by Crippen LogP contribution is 2.35. The van der Waals surface area contributed by atoms with E-state index in [2.05, 4.69) is 9.71 Å². The van der Waals surface area contributed by atoms with Crippen molar-refractivity contribution < 1.29 is 26.4 Å². The van der Waals surface area contributed by atoms with Gasteiger partial charge in [0.2, 0.25) is 0 Å². The molecule has 1 heterocycles. The van der Waals surface area contributed by atoms with E-state index in [1.807, 2.05) is 0 Å². The van der Waals surface area contributed by atoms with E-state index >= 15 is 0 Å². The van der Waals surface area contributed by atoms with Crippen molar-refractivity contribution in [3.05, 3.63) is 59.8 Å². The van der Waals surface area contributed by atoms with Crippen LogP contribution in [0, 0.1) is 0 Å². The van der Waals surface area contributed by atoms with E-state index in [0.29, 0.717) is 23.3 Å². The molecular weight excluding hydrogens is 357 g/mol. The molecule has 130 valence electrons. The summed E-state index contributed by atoms with van der Waals surface area (Å²) in [5.41, 5.74) is -0.688. The van der Waals surface area contributed by atoms with Gasteiger partial charge in [0.15, 0.2) is 6.29 Å². The number of sulfonamides is 1. The number of benzene rings is 2. The van der Waals surface area contributed by atoms with E-state index in [9.17, 15) is 26.4 Å². The number of hydrogen-bond acceptors (Lipinski definition) is 3. The van der Waals surface area contributed by atoms with E-state index in [1.165, 1.54) is 24.3 Å². The van der Waals surface area contributed by atoms with Crippen molar-refractivity contribution in [2.75, 3.05) is 4.72 Å². The summed E-state index contributed by atoms with van der Waals surface area (Å²) in [6.07, 6.45) is -4.26. The normalized spacial score (nSPS) is 12.3. The summed E-state index contributed by atoms with van der Waals surface area (Å²) in [5.74, 6) is 0. The van der Waals surface area contributed by atoms with Crippen LogP contribution < -0.4 is 4.72 Å². The number of nitrogens with one attached hydrogen (secondary N) is 2. The molecule has 25 heavy (non-hydrogen) atoms. The number of aromatic nitrogens is 1. The van der Waals surface area contributed by atoms with Crippen LogP contribution in [0.3, 0.4) is 0 Å². The fourth-order valence-electron chi connectivity index (χ4n) is 2.46. The van der Waals surface area contributed by atoms with Crippen molar-refractivity contribution in [2.24, 2.45) is 0 Å². The summed E-state index contributed by atoms with van der Waals surface area (Å²) >= 11 is 0. The number of rotatable bonds is 4. The fourth-order valence-corrected chi connectivity index (χ4v) is 3.76. The second kappa shape index (κ2) is 5.92. The number of fused-ring (bicyclic) bond motifs is 1. The first kappa shape index (κ1) is 17.0. The van der Waals surface area contributed by atoms with Crippen LogP contribution >= 0.6 is 0 Å². The lowest BCUT2D eigenvalue weighted by Crippen LogP contribution is -2.19. The Labute approximate surface area is 140 Å². The number of aromatic amines is 1. The van der Waals surface area contributed by atoms with Crippen LogP contribution in [0.1, 0.15) is 16.1 Å². The first-order valence-electron chi connectivity index (χ1n) is 6.98. The Bertz CT molecular complexity index is 1060. The maximum Gasteiger partial charge on any atom is 0.417 e. The molecule has 0 aliphatic rings. The molecule has 9 heteroatoms. The summed E-state index contributed by atoms with van der Waals surface area (Å²) < 4.78 is 66.4. The third kappa shape index (κ3) is 3.22. The van der Waals surface area contributed by atoms with Crippen LogP contribution in [0.2, 0.25) is 0 Å². The SMILES string of the molecule is O=Cc1cc2cccc(NS(=O)(=O)c3ccccc3C(F)(F)F)c2[nH]1. The van der Waals surface area contributed by atoms with Gasteiger partial charge in [0.1, 0.15) is 0 Å². The molecule has 2 aromatic carbocycles. The van der Waals surface area contributed by atoms with Gasteiger partial charge in [0.05, 0.1) is 27.4 Å². The van der Waals surface area contributed by atoms with Crippen LogP contribution in [0.4, 0.5) is 18.9 Å². The average molecular weight is 368 g/mol. The summed E-state index contributed by atoms with van der Waals surface area (Å²) in [7, 11) is -4.49. The number of carbonyl (C=O) groups is 1. The van der Waals surface area contributed by atoms with Crippen molar-refractivity contribution in [3.63, 3.8) is 0 Å². The minimum Gasteiger partial charge on any atom is -0.351 e. The second-order valence-electron chi connectivity index (χ2n) is 5.21. The molecule has 0 spiro atoms. The van der Waals surface area contributed by atoms with Crippen molar-refractivity contribution >= 4 is 32.9 Å². The molecule has 0 bridgehead atoms. The lowest BCUT2D eigenvalue weighted by molar-refractivity contribution is -0.139. The van der Waals surface area contributed by atoms with Gasteiger partial charge in [-0.05, 0) is 24.3 Å². The third-order valence-electron chi connectivity index (χ3n) is 3.53. The lowest BCUT2D eigenvalue weighted by atomic mass is 10.2. The first-order valence-corrected chi connectivity index (χ1v) is 8.46. The minimum atomic E-state index is -4.81. The molecule has 0 aliphatic carbocycles. The molecule has 0 saturated carbocycles. The highest BCUT2D eigenvalue weighted by molar-refractivity contribution is 7.92. The second-order valence-corrected chi connectivity index (χ2v) is 6.86. The Kier molecular flexibility index (Phi) is 4.03. The zero-order valence-electron chi connectivity index (χ0n) is 12.5. The van der Waals surface area contributed by atoms with E-state index in [1.54, 1.807) is 6.07 Å². The molecule has 0 fully saturated rings. The van der Waals surface area contributed by atoms with Crippen molar-refractivity contribution in [1.82, 2.24) is 4.98 Å². The molecule has 0 radical (unpaired) electrons. The van der Waals surface area contributed by atoms with Gasteiger partial charge < -0.3 is 4.98 Å². The number of carbonyl (C=O) groups excluding carboxylic acids is 1. The minimum absolute atomic E-state index is 0.0441. The predicted molar refractivity (Wildman–Crippen MR) is 85.9 cm³/mol. The molecule has 0 atom stereocenters. The van der Waals surface area contributed by atoms with Crippen LogP contribution in [0.5, 0.6) is 0 Å². The summed E-state index contributed by atoms with van der Waals surface area (Å²) in [6, 6.07) is 9.97. The van der Waals surface area contributed by atoms with Gasteiger partial charge in [-0.15, -0.1) is 0 Å². The molecule has 3 rings (SSSR count). The van der Waals surface area contributed by atoms with Gasteiger partial charge in [0, 0.05) is 5.39 Å². The van der Waals surface area contributed by atoms with Crippen LogP contribution in [0.25, 0.3) is 10.9 Å². The van der Waals surface area contributed by atoms with Gasteiger partial charge in [0.25, 0.3) is 10.0 Å². The van der Waals surface area contributed by atoms with Crippen molar-refractivity contribution in [3.8, 4) is 0 Å². The molecule has 0 aliphatic heterocycles. The number of para-hydroxylation sites is 1. The molecule has 5 nitrogen and oxygen atoms in total. The monoisotopic (exact) mass is 368 g/mol. The van der Waals surface area contributed by atoms with Gasteiger partial charge in [-0.2, -0.15) is 13.2 Å². The van der Waals surface area contributed by atoms with Crippen LogP contribution in [-0.2, 0) is 16.2 Å². The van der Waals surface area contributed by atoms with Gasteiger partial charge >= 0.3 is 6.18 Å². The third-order valence-corrected chi connectivity index (χ3v) is 4.95. The first-order chi connectivity index (χ1) is 11.7. The smallest absolute Gasteiger partial charge is 0.351 e. The molecule has 0 unspecified atom stereocenters. The fraction of sp³-hybridized carbons (Fsp3) is 0.0625. The topological polar surface area (TPSA) is 79.0 Å². The summed E-state index contributed by atoms with van der Waals surface area (Å²) in [4.78, 5) is 12.7. The van der Waals surface area contributed by atoms with Crippen molar-refractivity contribution in [2.45, 2.75) is 11.1 Å². The van der Waals surface area contributed by atoms with Gasteiger partial charge in [-0.3, -0.25) is 9.52 Å². The number of alkyl halides is 3. The maximum absolute atomic E-state index is 13.1. The predicted octanol–water partition coefficient (Wildman–Crippen LogP) is 3.80. The Hall–Kier alpha value is -2.81. The molecule has 2 N–H and O–H groups in total. The maximum atomic E-state index is 13.1. The van der Waals surface area contributed by atoms with E-state index in [4.69, 9.17) is 0 Å². The number of halogens is 3. The number of H-pyrrole nitrogens is 1. The zero-order chi connectivity index (χ0) is 18.2. The summed E-state index contributed by atoms with van der Waals surface area (Å²) in [5, 5.41) is 0.548. The highest BCUT2D eigenvalue weighted by Gasteiger charge is 2.37. The summed E-state index contributed by atoms with van der Waals surface area (Å²) in [6.45, 7) is 0. The van der Waals surface area contributed by atoms with Gasteiger partial charge in [-0.25, -0.2) is 8.42 Å². The Balaban J connectivity index is 2.10. The van der Waals surface area contributed by atoms with Crippen molar-refractivity contribution in [1.29, 1.82) is 0 Å². The van der Waals surface area contributed by atoms with Gasteiger partial charge in [-0.1, -0.05) is 24.3 Å². The largest absolute Gasteiger partial charge is 0.417 e. The Morgan fingerprint density at radius 2 is 1.76 bits per heavy atom. The molecular formula is C16H11F3N2O3S. The van der Waals surface area contributed by atoms with E-state index in [0.717, 1.165) is 12.1 Å². The van der Waals surface area contributed by atoms with Crippen LogP contribution in [-0.4, -0.2) is 19.7 Å². The molecule has 0 amide bonds. The number of hydrogen-bond donors (Lipinski definition) is 2. The number of aldehydes is 1. The zero-order valence-corrected chi connectivity index (χ0v) is 13.3. The van der Waals surface area contributed by atoms with E-state index in [-0.39, 0.29) is 11.4 Å². The van der Waals surface area contributed by atoms with Crippen LogP contribution in [0.15, 0.2) is 53.4 Å². The standard InChI is InChI=1S/C16H11F3N2O3S/c17-16(18,19)12-5-1-2-7-14(12)25(23,24)21-13-6-3-4-10-8-11(9-22)20-15(10)13/h1-9,20-21H. The van der Waals surface area contributed by atoms with E-state index < -0.39 is 26.7 Å². The molecule has 1 aromatic heterocycles. The highest BCUT2D eigenvalue weighted by atomic mass is 32.2. The Morgan fingerprint density at radius 1 is 1.04 bits per heavy atom. The average Bonchev–Trinajstić information content (AvgIpc) is 2.98. The lowest BCUT2D eigenvalue weighted by Gasteiger charge is -2.14. The molecule has 3 aromatic rings. The number of anilines is 1.